The standard InChI is InChI=1S/C20H21NO2/c1-19(2)17-8-3-4-9-18(17)21-12-13-23-20(19,21)11-10-15-6-5-7-16(22)14-15/h3-11,14,22H,12-13H2,1-2H3. The lowest BCUT2D eigenvalue weighted by molar-refractivity contribution is 0.000336. The van der Waals surface area contributed by atoms with Gasteiger partial charge in [-0.1, -0.05) is 50.3 Å². The Bertz CT molecular complexity index is 781. The van der Waals surface area contributed by atoms with Gasteiger partial charge in [-0.15, -0.1) is 0 Å². The number of benzene rings is 2. The first kappa shape index (κ1) is 14.3. The predicted octanol–water partition coefficient (Wildman–Crippen LogP) is 3.93. The molecule has 2 aromatic carbocycles. The van der Waals surface area contributed by atoms with Crippen molar-refractivity contribution in [1.29, 1.82) is 0 Å². The maximum atomic E-state index is 9.66. The molecule has 1 atom stereocenters. The molecule has 118 valence electrons. The number of phenolic OH excluding ortho intramolecular Hbond substituents is 1. The fourth-order valence-corrected chi connectivity index (χ4v) is 3.97. The van der Waals surface area contributed by atoms with Crippen LogP contribution >= 0.6 is 0 Å². The van der Waals surface area contributed by atoms with Crippen molar-refractivity contribution in [1.82, 2.24) is 0 Å². The van der Waals surface area contributed by atoms with Gasteiger partial charge in [-0.3, -0.25) is 0 Å². The highest BCUT2D eigenvalue weighted by Crippen LogP contribution is 2.54. The normalized spacial score (nSPS) is 24.9. The summed E-state index contributed by atoms with van der Waals surface area (Å²) in [5.41, 5.74) is 2.94. The first-order valence-electron chi connectivity index (χ1n) is 8.04. The number of fused-ring (bicyclic) bond motifs is 3. The van der Waals surface area contributed by atoms with Crippen LogP contribution in [-0.4, -0.2) is 24.0 Å². The first-order valence-corrected chi connectivity index (χ1v) is 8.04. The minimum atomic E-state index is -0.470. The number of aromatic hydroxyl groups is 1. The minimum Gasteiger partial charge on any atom is -0.508 e. The Hall–Kier alpha value is -2.26. The van der Waals surface area contributed by atoms with E-state index in [9.17, 15) is 5.11 Å². The number of hydrogen-bond donors (Lipinski definition) is 1. The van der Waals surface area contributed by atoms with Gasteiger partial charge in [0, 0.05) is 17.6 Å². The topological polar surface area (TPSA) is 32.7 Å². The van der Waals surface area contributed by atoms with Crippen LogP contribution in [0.15, 0.2) is 54.6 Å². The number of phenols is 1. The number of anilines is 1. The van der Waals surface area contributed by atoms with Gasteiger partial charge in [-0.25, -0.2) is 0 Å². The molecule has 3 heteroatoms. The van der Waals surface area contributed by atoms with E-state index in [1.807, 2.05) is 18.2 Å². The Balaban J connectivity index is 1.80. The molecule has 23 heavy (non-hydrogen) atoms. The van der Waals surface area contributed by atoms with E-state index >= 15 is 0 Å². The molecule has 1 N–H and O–H groups in total. The Morgan fingerprint density at radius 3 is 2.78 bits per heavy atom. The number of para-hydroxylation sites is 1. The molecule has 2 aliphatic heterocycles. The van der Waals surface area contributed by atoms with Gasteiger partial charge in [0.25, 0.3) is 0 Å². The lowest BCUT2D eigenvalue weighted by Crippen LogP contribution is -2.51. The van der Waals surface area contributed by atoms with Crippen LogP contribution < -0.4 is 4.90 Å². The van der Waals surface area contributed by atoms with Crippen molar-refractivity contribution in [2.24, 2.45) is 0 Å². The van der Waals surface area contributed by atoms with E-state index in [-0.39, 0.29) is 11.2 Å². The summed E-state index contributed by atoms with van der Waals surface area (Å²) in [6.45, 7) is 6.10. The van der Waals surface area contributed by atoms with Crippen LogP contribution in [0.25, 0.3) is 6.08 Å². The van der Waals surface area contributed by atoms with Gasteiger partial charge in [-0.2, -0.15) is 0 Å². The third-order valence-corrected chi connectivity index (χ3v) is 5.17. The molecule has 0 bridgehead atoms. The van der Waals surface area contributed by atoms with E-state index < -0.39 is 5.72 Å². The van der Waals surface area contributed by atoms with E-state index in [1.165, 1.54) is 11.3 Å². The van der Waals surface area contributed by atoms with Crippen LogP contribution in [0.5, 0.6) is 5.75 Å². The predicted molar refractivity (Wildman–Crippen MR) is 92.6 cm³/mol. The Kier molecular flexibility index (Phi) is 3.03. The number of hydrogen-bond acceptors (Lipinski definition) is 3. The van der Waals surface area contributed by atoms with Crippen molar-refractivity contribution in [3.8, 4) is 5.75 Å². The molecule has 2 heterocycles. The van der Waals surface area contributed by atoms with Gasteiger partial charge in [0.05, 0.1) is 6.61 Å². The van der Waals surface area contributed by atoms with Crippen LogP contribution in [0, 0.1) is 0 Å². The van der Waals surface area contributed by atoms with Crippen molar-refractivity contribution < 1.29 is 9.84 Å². The second-order valence-corrected chi connectivity index (χ2v) is 6.77. The van der Waals surface area contributed by atoms with E-state index in [4.69, 9.17) is 4.74 Å². The second kappa shape index (κ2) is 4.87. The molecule has 4 rings (SSSR count). The largest absolute Gasteiger partial charge is 0.508 e. The summed E-state index contributed by atoms with van der Waals surface area (Å²) in [4.78, 5) is 2.36. The molecule has 0 aromatic heterocycles. The van der Waals surface area contributed by atoms with E-state index in [0.717, 1.165) is 18.7 Å². The lowest BCUT2D eigenvalue weighted by Gasteiger charge is -2.39. The highest BCUT2D eigenvalue weighted by Gasteiger charge is 2.58. The third-order valence-electron chi connectivity index (χ3n) is 5.17. The molecule has 2 aromatic rings. The molecule has 0 spiro atoms. The molecule has 3 nitrogen and oxygen atoms in total. The zero-order chi connectivity index (χ0) is 16.1. The van der Waals surface area contributed by atoms with Gasteiger partial charge in [0.1, 0.15) is 5.75 Å². The van der Waals surface area contributed by atoms with Crippen molar-refractivity contribution in [2.45, 2.75) is 25.0 Å². The monoisotopic (exact) mass is 307 g/mol. The minimum absolute atomic E-state index is 0.145. The Morgan fingerprint density at radius 1 is 1.13 bits per heavy atom. The average Bonchev–Trinajstić information content (AvgIpc) is 3.04. The lowest BCUT2D eigenvalue weighted by atomic mass is 9.77. The Morgan fingerprint density at radius 2 is 1.96 bits per heavy atom. The average molecular weight is 307 g/mol. The fourth-order valence-electron chi connectivity index (χ4n) is 3.97. The SMILES string of the molecule is CC1(C)c2ccccc2N2CCOC21C=Cc1cccc(O)c1. The molecule has 1 fully saturated rings. The van der Waals surface area contributed by atoms with Crippen molar-refractivity contribution >= 4 is 11.8 Å². The van der Waals surface area contributed by atoms with Crippen LogP contribution in [0.2, 0.25) is 0 Å². The first-order chi connectivity index (χ1) is 11.0. The maximum absolute atomic E-state index is 9.66. The van der Waals surface area contributed by atoms with E-state index in [0.29, 0.717) is 0 Å². The summed E-state index contributed by atoms with van der Waals surface area (Å²) in [5.74, 6) is 0.280. The van der Waals surface area contributed by atoms with Crippen molar-refractivity contribution in [3.05, 3.63) is 65.7 Å². The summed E-state index contributed by atoms with van der Waals surface area (Å²) in [6.07, 6.45) is 4.19. The quantitative estimate of drug-likeness (QED) is 0.912. The number of ether oxygens (including phenoxy) is 1. The van der Waals surface area contributed by atoms with Gasteiger partial charge in [-0.05, 0) is 35.4 Å². The summed E-state index contributed by atoms with van der Waals surface area (Å²) in [6, 6.07) is 15.8. The summed E-state index contributed by atoms with van der Waals surface area (Å²) < 4.78 is 6.29. The second-order valence-electron chi connectivity index (χ2n) is 6.77. The molecule has 0 aliphatic carbocycles. The van der Waals surface area contributed by atoms with Crippen LogP contribution in [-0.2, 0) is 10.2 Å². The smallest absolute Gasteiger partial charge is 0.170 e. The van der Waals surface area contributed by atoms with Crippen LogP contribution in [0.1, 0.15) is 25.0 Å². The molecule has 1 unspecified atom stereocenters. The molecular formula is C20H21NO2. The van der Waals surface area contributed by atoms with E-state index in [2.05, 4.69) is 49.1 Å². The molecule has 2 aliphatic rings. The molecule has 0 saturated carbocycles. The van der Waals surface area contributed by atoms with Crippen molar-refractivity contribution in [3.63, 3.8) is 0 Å². The molecule has 1 saturated heterocycles. The molecular weight excluding hydrogens is 286 g/mol. The van der Waals surface area contributed by atoms with Gasteiger partial charge in [0.2, 0.25) is 0 Å². The van der Waals surface area contributed by atoms with Crippen LogP contribution in [0.4, 0.5) is 5.69 Å². The summed E-state index contributed by atoms with van der Waals surface area (Å²) in [5, 5.41) is 9.66. The van der Waals surface area contributed by atoms with Crippen molar-refractivity contribution in [2.75, 3.05) is 18.1 Å². The summed E-state index contributed by atoms with van der Waals surface area (Å²) >= 11 is 0. The maximum Gasteiger partial charge on any atom is 0.170 e. The van der Waals surface area contributed by atoms with Gasteiger partial charge < -0.3 is 14.7 Å². The number of nitrogens with zero attached hydrogens (tertiary/aromatic N) is 1. The molecule has 0 radical (unpaired) electrons. The van der Waals surface area contributed by atoms with Gasteiger partial charge >= 0.3 is 0 Å². The summed E-state index contributed by atoms with van der Waals surface area (Å²) in [7, 11) is 0. The van der Waals surface area contributed by atoms with Crippen LogP contribution in [0.3, 0.4) is 0 Å². The van der Waals surface area contributed by atoms with E-state index in [1.54, 1.807) is 12.1 Å². The van der Waals surface area contributed by atoms with Gasteiger partial charge in [0.15, 0.2) is 5.72 Å². The highest BCUT2D eigenvalue weighted by atomic mass is 16.5. The molecule has 0 amide bonds. The third kappa shape index (κ3) is 1.93. The number of rotatable bonds is 2. The fraction of sp³-hybridized carbons (Fsp3) is 0.300. The highest BCUT2D eigenvalue weighted by molar-refractivity contribution is 5.69. The zero-order valence-electron chi connectivity index (χ0n) is 13.5. The zero-order valence-corrected chi connectivity index (χ0v) is 13.5. The Labute approximate surface area is 136 Å².